The van der Waals surface area contributed by atoms with Gasteiger partial charge in [0, 0.05) is 17.3 Å². The molecule has 0 bridgehead atoms. The minimum atomic E-state index is 0.264. The van der Waals surface area contributed by atoms with Crippen LogP contribution in [0.25, 0.3) is 0 Å². The van der Waals surface area contributed by atoms with Crippen LogP contribution in [0.5, 0.6) is 0 Å². The Bertz CT molecular complexity index is 188. The first kappa shape index (κ1) is 12.0. The SMILES string of the molecule is CC(C)C(CBr)NC(=O)C1CCCC1. The molecule has 1 unspecified atom stereocenters. The van der Waals surface area contributed by atoms with Gasteiger partial charge in [-0.05, 0) is 18.8 Å². The van der Waals surface area contributed by atoms with Crippen molar-refractivity contribution in [3.63, 3.8) is 0 Å². The predicted molar refractivity (Wildman–Crippen MR) is 62.5 cm³/mol. The Morgan fingerprint density at radius 3 is 2.43 bits per heavy atom. The summed E-state index contributed by atoms with van der Waals surface area (Å²) in [5.41, 5.74) is 0. The molecule has 0 saturated heterocycles. The van der Waals surface area contributed by atoms with E-state index in [0.717, 1.165) is 18.2 Å². The number of carbonyl (C=O) groups is 1. The summed E-state index contributed by atoms with van der Waals surface area (Å²) in [5, 5.41) is 3.97. The molecule has 1 aliphatic rings. The first-order valence-electron chi connectivity index (χ1n) is 5.51. The standard InChI is InChI=1S/C11H20BrNO/c1-8(2)10(7-12)13-11(14)9-5-3-4-6-9/h8-10H,3-7H2,1-2H3,(H,13,14). The summed E-state index contributed by atoms with van der Waals surface area (Å²) in [6.07, 6.45) is 4.61. The molecule has 0 heterocycles. The van der Waals surface area contributed by atoms with Gasteiger partial charge in [0.15, 0.2) is 0 Å². The van der Waals surface area contributed by atoms with Gasteiger partial charge in [0.2, 0.25) is 5.91 Å². The van der Waals surface area contributed by atoms with Gasteiger partial charge in [-0.1, -0.05) is 42.6 Å². The van der Waals surface area contributed by atoms with Crippen molar-refractivity contribution in [1.29, 1.82) is 0 Å². The zero-order chi connectivity index (χ0) is 10.6. The normalized spacial score (nSPS) is 20.0. The summed E-state index contributed by atoms with van der Waals surface area (Å²) in [6.45, 7) is 4.28. The summed E-state index contributed by atoms with van der Waals surface area (Å²) in [6, 6.07) is 0.281. The van der Waals surface area contributed by atoms with Crippen molar-refractivity contribution < 1.29 is 4.79 Å². The zero-order valence-electron chi connectivity index (χ0n) is 9.05. The largest absolute Gasteiger partial charge is 0.352 e. The third-order valence-corrected chi connectivity index (χ3v) is 3.72. The van der Waals surface area contributed by atoms with Crippen LogP contribution in [-0.4, -0.2) is 17.3 Å². The molecular formula is C11H20BrNO. The lowest BCUT2D eigenvalue weighted by Crippen LogP contribution is -2.42. The fraction of sp³-hybridized carbons (Fsp3) is 0.909. The quantitative estimate of drug-likeness (QED) is 0.775. The van der Waals surface area contributed by atoms with Crippen LogP contribution in [0.15, 0.2) is 0 Å². The molecule has 1 atom stereocenters. The molecule has 0 aromatic carbocycles. The lowest BCUT2D eigenvalue weighted by molar-refractivity contribution is -0.125. The molecule has 0 radical (unpaired) electrons. The highest BCUT2D eigenvalue weighted by Crippen LogP contribution is 2.25. The van der Waals surface area contributed by atoms with Gasteiger partial charge in [0.1, 0.15) is 0 Å². The maximum Gasteiger partial charge on any atom is 0.223 e. The van der Waals surface area contributed by atoms with Crippen LogP contribution in [0.1, 0.15) is 39.5 Å². The molecule has 1 rings (SSSR count). The van der Waals surface area contributed by atoms with Crippen LogP contribution in [0, 0.1) is 11.8 Å². The second-order valence-electron chi connectivity index (χ2n) is 4.49. The second kappa shape index (κ2) is 5.74. The van der Waals surface area contributed by atoms with Gasteiger partial charge >= 0.3 is 0 Å². The van der Waals surface area contributed by atoms with Crippen LogP contribution in [0.4, 0.5) is 0 Å². The van der Waals surface area contributed by atoms with E-state index in [1.807, 2.05) is 0 Å². The van der Waals surface area contributed by atoms with Crippen molar-refractivity contribution >= 4 is 21.8 Å². The number of hydrogen-bond acceptors (Lipinski definition) is 1. The molecule has 0 aromatic rings. The summed E-state index contributed by atoms with van der Waals surface area (Å²) >= 11 is 3.44. The van der Waals surface area contributed by atoms with Crippen molar-refractivity contribution in [2.24, 2.45) is 11.8 Å². The smallest absolute Gasteiger partial charge is 0.223 e. The van der Waals surface area contributed by atoms with Crippen LogP contribution in [-0.2, 0) is 4.79 Å². The van der Waals surface area contributed by atoms with E-state index < -0.39 is 0 Å². The maximum atomic E-state index is 11.8. The van der Waals surface area contributed by atoms with Crippen molar-refractivity contribution in [3.05, 3.63) is 0 Å². The molecule has 1 saturated carbocycles. The molecule has 1 N–H and O–H groups in total. The molecule has 1 fully saturated rings. The maximum absolute atomic E-state index is 11.8. The first-order valence-corrected chi connectivity index (χ1v) is 6.63. The summed E-state index contributed by atoms with van der Waals surface area (Å²) < 4.78 is 0. The third-order valence-electron chi connectivity index (χ3n) is 3.02. The van der Waals surface area contributed by atoms with Crippen LogP contribution in [0.2, 0.25) is 0 Å². The van der Waals surface area contributed by atoms with E-state index in [1.165, 1.54) is 12.8 Å². The van der Waals surface area contributed by atoms with Gasteiger partial charge in [-0.2, -0.15) is 0 Å². The second-order valence-corrected chi connectivity index (χ2v) is 5.14. The summed E-state index contributed by atoms with van der Waals surface area (Å²) in [7, 11) is 0. The number of carbonyl (C=O) groups excluding carboxylic acids is 1. The first-order chi connectivity index (χ1) is 6.65. The summed E-state index contributed by atoms with van der Waals surface area (Å²) in [4.78, 5) is 11.8. The van der Waals surface area contributed by atoms with Gasteiger partial charge < -0.3 is 5.32 Å². The molecule has 3 heteroatoms. The lowest BCUT2D eigenvalue weighted by Gasteiger charge is -2.21. The molecule has 1 aliphatic carbocycles. The Morgan fingerprint density at radius 2 is 2.00 bits per heavy atom. The van der Waals surface area contributed by atoms with E-state index in [0.29, 0.717) is 5.92 Å². The molecule has 0 spiro atoms. The van der Waals surface area contributed by atoms with Gasteiger partial charge in [-0.25, -0.2) is 0 Å². The molecule has 0 aromatic heterocycles. The Hall–Kier alpha value is -0.0500. The number of nitrogens with one attached hydrogen (secondary N) is 1. The van der Waals surface area contributed by atoms with E-state index in [-0.39, 0.29) is 17.9 Å². The Labute approximate surface area is 95.0 Å². The molecule has 0 aliphatic heterocycles. The number of hydrogen-bond donors (Lipinski definition) is 1. The average molecular weight is 262 g/mol. The Morgan fingerprint density at radius 1 is 1.43 bits per heavy atom. The average Bonchev–Trinajstić information content (AvgIpc) is 2.65. The monoisotopic (exact) mass is 261 g/mol. The lowest BCUT2D eigenvalue weighted by atomic mass is 10.0. The van der Waals surface area contributed by atoms with E-state index >= 15 is 0 Å². The Balaban J connectivity index is 2.37. The van der Waals surface area contributed by atoms with Crippen molar-refractivity contribution in [2.75, 3.05) is 5.33 Å². The number of halogens is 1. The fourth-order valence-corrected chi connectivity index (χ4v) is 2.78. The highest BCUT2D eigenvalue weighted by Gasteiger charge is 2.25. The van der Waals surface area contributed by atoms with Gasteiger partial charge in [-0.15, -0.1) is 0 Å². The van der Waals surface area contributed by atoms with Crippen molar-refractivity contribution in [2.45, 2.75) is 45.6 Å². The van der Waals surface area contributed by atoms with Crippen molar-refractivity contribution in [3.8, 4) is 0 Å². The van der Waals surface area contributed by atoms with E-state index in [9.17, 15) is 4.79 Å². The minimum absolute atomic E-state index is 0.264. The van der Waals surface area contributed by atoms with E-state index in [4.69, 9.17) is 0 Å². The predicted octanol–water partition coefficient (Wildman–Crippen LogP) is 2.71. The summed E-state index contributed by atoms with van der Waals surface area (Å²) in [5.74, 6) is 1.05. The van der Waals surface area contributed by atoms with Crippen LogP contribution < -0.4 is 5.32 Å². The highest BCUT2D eigenvalue weighted by molar-refractivity contribution is 9.09. The van der Waals surface area contributed by atoms with Gasteiger partial charge in [0.05, 0.1) is 0 Å². The van der Waals surface area contributed by atoms with E-state index in [2.05, 4.69) is 35.1 Å². The molecular weight excluding hydrogens is 242 g/mol. The topological polar surface area (TPSA) is 29.1 Å². The highest BCUT2D eigenvalue weighted by atomic mass is 79.9. The molecule has 82 valence electrons. The fourth-order valence-electron chi connectivity index (χ4n) is 1.87. The van der Waals surface area contributed by atoms with Gasteiger partial charge in [0.25, 0.3) is 0 Å². The number of amides is 1. The molecule has 1 amide bonds. The zero-order valence-corrected chi connectivity index (χ0v) is 10.6. The number of alkyl halides is 1. The minimum Gasteiger partial charge on any atom is -0.352 e. The Kier molecular flexibility index (Phi) is 4.93. The van der Waals surface area contributed by atoms with Crippen molar-refractivity contribution in [1.82, 2.24) is 5.32 Å². The van der Waals surface area contributed by atoms with Crippen LogP contribution >= 0.6 is 15.9 Å². The molecule has 14 heavy (non-hydrogen) atoms. The third kappa shape index (κ3) is 3.26. The van der Waals surface area contributed by atoms with Crippen LogP contribution in [0.3, 0.4) is 0 Å². The number of rotatable bonds is 4. The van der Waals surface area contributed by atoms with E-state index in [1.54, 1.807) is 0 Å². The molecule has 2 nitrogen and oxygen atoms in total. The van der Waals surface area contributed by atoms with Gasteiger partial charge in [-0.3, -0.25) is 4.79 Å².